The van der Waals surface area contributed by atoms with Crippen LogP contribution in [0.4, 0.5) is 13.2 Å². The topological polar surface area (TPSA) is 21.3 Å². The molecule has 2 fully saturated rings. The highest BCUT2D eigenvalue weighted by Gasteiger charge is 2.61. The molecule has 0 aromatic carbocycles. The first kappa shape index (κ1) is 15.1. The highest BCUT2D eigenvalue weighted by atomic mass is 19.4. The van der Waals surface area contributed by atoms with E-state index >= 15 is 0 Å². The number of ether oxygens (including phenoxy) is 1. The van der Waals surface area contributed by atoms with Crippen molar-refractivity contribution in [2.24, 2.45) is 16.7 Å². The van der Waals surface area contributed by atoms with Gasteiger partial charge in [0.25, 0.3) is 0 Å². The van der Waals surface area contributed by atoms with E-state index in [9.17, 15) is 13.2 Å². The molecule has 2 bridgehead atoms. The number of rotatable bonds is 5. The fraction of sp³-hybridized carbons (Fsp3) is 1.00. The Balaban J connectivity index is 1.74. The highest BCUT2D eigenvalue weighted by molar-refractivity contribution is 5.11. The minimum absolute atomic E-state index is 0.182. The monoisotopic (exact) mass is 279 g/mol. The van der Waals surface area contributed by atoms with E-state index in [0.29, 0.717) is 12.5 Å². The third-order valence-electron chi connectivity index (χ3n) is 5.64. The lowest BCUT2D eigenvalue weighted by Gasteiger charge is -2.38. The van der Waals surface area contributed by atoms with Crippen LogP contribution in [0.25, 0.3) is 0 Å². The van der Waals surface area contributed by atoms with Gasteiger partial charge in [0.05, 0.1) is 19.3 Å². The van der Waals surface area contributed by atoms with Crippen molar-refractivity contribution in [1.29, 1.82) is 0 Å². The lowest BCUT2D eigenvalue weighted by molar-refractivity contribution is -0.125. The Labute approximate surface area is 113 Å². The molecule has 2 saturated carbocycles. The maximum atomic E-state index is 12.0. The van der Waals surface area contributed by atoms with E-state index in [-0.39, 0.29) is 23.5 Å². The average molecular weight is 279 g/mol. The standard InChI is InChI=1S/C14H24F3NO/c1-12(2)10-4-5-13(12,3)11(8-10)19-7-6-18-9-14(15,16)17/h10-11,18H,4-9H2,1-3H3. The molecule has 0 spiro atoms. The Kier molecular flexibility index (Phi) is 3.91. The summed E-state index contributed by atoms with van der Waals surface area (Å²) in [7, 11) is 0. The van der Waals surface area contributed by atoms with E-state index < -0.39 is 12.7 Å². The zero-order valence-corrected chi connectivity index (χ0v) is 11.9. The van der Waals surface area contributed by atoms with Crippen LogP contribution in [0, 0.1) is 16.7 Å². The van der Waals surface area contributed by atoms with Crippen LogP contribution in [0.15, 0.2) is 0 Å². The van der Waals surface area contributed by atoms with Gasteiger partial charge in [0.1, 0.15) is 0 Å². The van der Waals surface area contributed by atoms with Crippen molar-refractivity contribution in [2.45, 2.75) is 52.3 Å². The van der Waals surface area contributed by atoms with Crippen LogP contribution < -0.4 is 5.32 Å². The van der Waals surface area contributed by atoms with Gasteiger partial charge in [-0.25, -0.2) is 0 Å². The molecule has 2 rings (SSSR count). The maximum Gasteiger partial charge on any atom is 0.401 e. The summed E-state index contributed by atoms with van der Waals surface area (Å²) in [5.41, 5.74) is 0.471. The van der Waals surface area contributed by atoms with Crippen molar-refractivity contribution in [3.05, 3.63) is 0 Å². The summed E-state index contributed by atoms with van der Waals surface area (Å²) in [5.74, 6) is 0.700. The molecule has 112 valence electrons. The van der Waals surface area contributed by atoms with Gasteiger partial charge < -0.3 is 10.1 Å². The largest absolute Gasteiger partial charge is 0.401 e. The molecule has 1 N–H and O–H groups in total. The van der Waals surface area contributed by atoms with Crippen molar-refractivity contribution >= 4 is 0 Å². The van der Waals surface area contributed by atoms with E-state index in [4.69, 9.17) is 4.74 Å². The smallest absolute Gasteiger partial charge is 0.376 e. The average Bonchev–Trinajstić information content (AvgIpc) is 2.59. The fourth-order valence-electron chi connectivity index (χ4n) is 3.89. The molecule has 0 saturated heterocycles. The van der Waals surface area contributed by atoms with Crippen molar-refractivity contribution in [1.82, 2.24) is 5.32 Å². The van der Waals surface area contributed by atoms with Crippen LogP contribution in [0.1, 0.15) is 40.0 Å². The molecule has 2 aliphatic rings. The SMILES string of the molecule is CC1(C)C2CCC1(C)C(OCCNCC(F)(F)F)C2. The maximum absolute atomic E-state index is 12.0. The summed E-state index contributed by atoms with van der Waals surface area (Å²) in [6.45, 7) is 6.56. The lowest BCUT2D eigenvalue weighted by atomic mass is 9.70. The number of hydrogen-bond acceptors (Lipinski definition) is 2. The van der Waals surface area contributed by atoms with Crippen molar-refractivity contribution in [2.75, 3.05) is 19.7 Å². The molecular weight excluding hydrogens is 255 g/mol. The predicted octanol–water partition coefficient (Wildman–Crippen LogP) is 3.37. The Morgan fingerprint density at radius 2 is 1.95 bits per heavy atom. The van der Waals surface area contributed by atoms with E-state index in [1.54, 1.807) is 0 Å². The molecule has 0 amide bonds. The molecule has 19 heavy (non-hydrogen) atoms. The second kappa shape index (κ2) is 4.92. The van der Waals surface area contributed by atoms with Crippen LogP contribution in [0.2, 0.25) is 0 Å². The molecule has 0 aromatic heterocycles. The zero-order chi connectivity index (χ0) is 14.3. The molecule has 3 atom stereocenters. The third kappa shape index (κ3) is 2.77. The Hall–Kier alpha value is -0.290. The molecule has 0 heterocycles. The van der Waals surface area contributed by atoms with Crippen LogP contribution in [0.5, 0.6) is 0 Å². The normalized spacial score (nSPS) is 36.9. The van der Waals surface area contributed by atoms with Crippen LogP contribution in [-0.2, 0) is 4.74 Å². The number of nitrogens with one attached hydrogen (secondary N) is 1. The molecule has 0 aromatic rings. The summed E-state index contributed by atoms with van der Waals surface area (Å²) in [6, 6.07) is 0. The number of fused-ring (bicyclic) bond motifs is 2. The molecule has 5 heteroatoms. The van der Waals surface area contributed by atoms with Crippen LogP contribution in [-0.4, -0.2) is 32.0 Å². The van der Waals surface area contributed by atoms with Crippen molar-refractivity contribution in [3.63, 3.8) is 0 Å². The molecule has 2 nitrogen and oxygen atoms in total. The summed E-state index contributed by atoms with van der Waals surface area (Å²) in [4.78, 5) is 0. The first-order chi connectivity index (χ1) is 8.67. The minimum atomic E-state index is -4.14. The second-order valence-electron chi connectivity index (χ2n) is 6.76. The summed E-state index contributed by atoms with van der Waals surface area (Å²) in [5, 5.41) is 2.38. The lowest BCUT2D eigenvalue weighted by Crippen LogP contribution is -2.39. The van der Waals surface area contributed by atoms with Gasteiger partial charge in [-0.2, -0.15) is 13.2 Å². The van der Waals surface area contributed by atoms with Gasteiger partial charge in [0.15, 0.2) is 0 Å². The van der Waals surface area contributed by atoms with Gasteiger partial charge in [0, 0.05) is 6.54 Å². The third-order valence-corrected chi connectivity index (χ3v) is 5.64. The Morgan fingerprint density at radius 1 is 1.26 bits per heavy atom. The molecule has 0 aliphatic heterocycles. The molecule has 2 aliphatic carbocycles. The molecule has 3 unspecified atom stereocenters. The molecule has 0 radical (unpaired) electrons. The summed E-state index contributed by atoms with van der Waals surface area (Å²) >= 11 is 0. The van der Waals surface area contributed by atoms with Crippen molar-refractivity contribution in [3.8, 4) is 0 Å². The van der Waals surface area contributed by atoms with E-state index in [2.05, 4.69) is 26.1 Å². The summed E-state index contributed by atoms with van der Waals surface area (Å²) < 4.78 is 41.8. The van der Waals surface area contributed by atoms with Gasteiger partial charge in [-0.05, 0) is 36.0 Å². The zero-order valence-electron chi connectivity index (χ0n) is 11.9. The van der Waals surface area contributed by atoms with Crippen LogP contribution >= 0.6 is 0 Å². The molecular formula is C14H24F3NO. The second-order valence-corrected chi connectivity index (χ2v) is 6.76. The quantitative estimate of drug-likeness (QED) is 0.779. The first-order valence-electron chi connectivity index (χ1n) is 7.06. The number of alkyl halides is 3. The number of hydrogen-bond donors (Lipinski definition) is 1. The van der Waals surface area contributed by atoms with Gasteiger partial charge in [-0.3, -0.25) is 0 Å². The minimum Gasteiger partial charge on any atom is -0.376 e. The predicted molar refractivity (Wildman–Crippen MR) is 67.9 cm³/mol. The van der Waals surface area contributed by atoms with Gasteiger partial charge in [-0.1, -0.05) is 20.8 Å². The Morgan fingerprint density at radius 3 is 2.42 bits per heavy atom. The van der Waals surface area contributed by atoms with Gasteiger partial charge in [-0.15, -0.1) is 0 Å². The van der Waals surface area contributed by atoms with E-state index in [0.717, 1.165) is 6.42 Å². The number of halogens is 3. The first-order valence-corrected chi connectivity index (χ1v) is 7.06. The van der Waals surface area contributed by atoms with E-state index in [1.165, 1.54) is 12.8 Å². The Bertz CT molecular complexity index is 329. The van der Waals surface area contributed by atoms with Gasteiger partial charge >= 0.3 is 6.18 Å². The van der Waals surface area contributed by atoms with E-state index in [1.807, 2.05) is 0 Å². The highest BCUT2D eigenvalue weighted by Crippen LogP contribution is 2.66. The van der Waals surface area contributed by atoms with Gasteiger partial charge in [0.2, 0.25) is 0 Å². The summed E-state index contributed by atoms with van der Waals surface area (Å²) in [6.07, 6.45) is -0.446. The van der Waals surface area contributed by atoms with Crippen LogP contribution in [0.3, 0.4) is 0 Å². The fourth-order valence-corrected chi connectivity index (χ4v) is 3.89. The van der Waals surface area contributed by atoms with Crippen molar-refractivity contribution < 1.29 is 17.9 Å².